The Labute approximate surface area is 108 Å². The van der Waals surface area contributed by atoms with Crippen LogP contribution in [0.15, 0.2) is 18.3 Å². The third-order valence-corrected chi connectivity index (χ3v) is 3.94. The van der Waals surface area contributed by atoms with Crippen LogP contribution in [0.3, 0.4) is 0 Å². The van der Waals surface area contributed by atoms with Gasteiger partial charge in [0.25, 0.3) is 5.91 Å². The molecule has 0 spiro atoms. The van der Waals surface area contributed by atoms with Gasteiger partial charge in [0.2, 0.25) is 0 Å². The molecule has 1 aliphatic heterocycles. The van der Waals surface area contributed by atoms with Crippen LogP contribution < -0.4 is 5.32 Å². The van der Waals surface area contributed by atoms with Crippen LogP contribution >= 0.6 is 0 Å². The van der Waals surface area contributed by atoms with Crippen molar-refractivity contribution < 1.29 is 4.79 Å². The minimum absolute atomic E-state index is 0.153. The van der Waals surface area contributed by atoms with E-state index in [2.05, 4.69) is 9.88 Å². The molecule has 2 fully saturated rings. The maximum atomic E-state index is 12.4. The second-order valence-electron chi connectivity index (χ2n) is 5.51. The average Bonchev–Trinajstić information content (AvgIpc) is 2.90. The number of amides is 1. The summed E-state index contributed by atoms with van der Waals surface area (Å²) in [4.78, 5) is 14.3. The van der Waals surface area contributed by atoms with E-state index in [9.17, 15) is 4.79 Å². The van der Waals surface area contributed by atoms with Crippen molar-refractivity contribution >= 4 is 5.91 Å². The second kappa shape index (κ2) is 4.76. The van der Waals surface area contributed by atoms with Gasteiger partial charge in [-0.2, -0.15) is 0 Å². The first kappa shape index (κ1) is 11.8. The Bertz CT molecular complexity index is 430. The van der Waals surface area contributed by atoms with Gasteiger partial charge in [-0.15, -0.1) is 0 Å². The Morgan fingerprint density at radius 2 is 2.33 bits per heavy atom. The number of nitrogens with one attached hydrogen (secondary N) is 1. The van der Waals surface area contributed by atoms with Crippen LogP contribution in [-0.2, 0) is 0 Å². The largest absolute Gasteiger partial charge is 0.340 e. The predicted octanol–water partition coefficient (Wildman–Crippen LogP) is 1.65. The zero-order valence-electron chi connectivity index (χ0n) is 10.9. The zero-order valence-corrected chi connectivity index (χ0v) is 10.9. The summed E-state index contributed by atoms with van der Waals surface area (Å²) in [5.41, 5.74) is 0.845. The lowest BCUT2D eigenvalue weighted by Crippen LogP contribution is -2.39. The Balaban J connectivity index is 1.66. The number of carbonyl (C=O) groups is 1. The first-order chi connectivity index (χ1) is 8.75. The lowest BCUT2D eigenvalue weighted by Gasteiger charge is -2.22. The van der Waals surface area contributed by atoms with Crippen LogP contribution in [0.1, 0.15) is 42.2 Å². The standard InChI is InChI=1S/C14H21N3O/c1-16(10-11-4-2-8-15-11)14(18)13-5-3-9-17(13)12-6-7-12/h3,5,9,11-12,15H,2,4,6-8,10H2,1H3. The van der Waals surface area contributed by atoms with Gasteiger partial charge >= 0.3 is 0 Å². The fraction of sp³-hybridized carbons (Fsp3) is 0.643. The molecule has 1 aliphatic carbocycles. The topological polar surface area (TPSA) is 37.3 Å². The zero-order chi connectivity index (χ0) is 12.5. The van der Waals surface area contributed by atoms with Crippen molar-refractivity contribution in [2.24, 2.45) is 0 Å². The number of likely N-dealkylation sites (N-methyl/N-ethyl adjacent to an activating group) is 1. The molecular formula is C14H21N3O. The average molecular weight is 247 g/mol. The van der Waals surface area contributed by atoms with Gasteiger partial charge in [0.1, 0.15) is 5.69 Å². The van der Waals surface area contributed by atoms with E-state index < -0.39 is 0 Å². The van der Waals surface area contributed by atoms with Gasteiger partial charge in [-0.25, -0.2) is 0 Å². The van der Waals surface area contributed by atoms with Crippen LogP contribution in [0.4, 0.5) is 0 Å². The third-order valence-electron chi connectivity index (χ3n) is 3.94. The molecule has 98 valence electrons. The Kier molecular flexibility index (Phi) is 3.12. The summed E-state index contributed by atoms with van der Waals surface area (Å²) < 4.78 is 2.14. The van der Waals surface area contributed by atoms with Crippen LogP contribution in [0, 0.1) is 0 Å². The number of aromatic nitrogens is 1. The van der Waals surface area contributed by atoms with E-state index in [0.29, 0.717) is 12.1 Å². The minimum Gasteiger partial charge on any atom is -0.340 e. The lowest BCUT2D eigenvalue weighted by atomic mass is 10.2. The SMILES string of the molecule is CN(CC1CCCN1)C(=O)c1cccn1C1CC1. The quantitative estimate of drug-likeness (QED) is 0.878. The molecule has 1 amide bonds. The van der Waals surface area contributed by atoms with E-state index in [0.717, 1.165) is 18.8 Å². The van der Waals surface area contributed by atoms with Crippen molar-refractivity contribution in [2.45, 2.75) is 37.8 Å². The van der Waals surface area contributed by atoms with E-state index >= 15 is 0 Å². The first-order valence-electron chi connectivity index (χ1n) is 6.91. The molecule has 2 aliphatic rings. The highest BCUT2D eigenvalue weighted by atomic mass is 16.2. The van der Waals surface area contributed by atoms with E-state index in [4.69, 9.17) is 0 Å². The maximum Gasteiger partial charge on any atom is 0.270 e. The highest BCUT2D eigenvalue weighted by Gasteiger charge is 2.28. The summed E-state index contributed by atoms with van der Waals surface area (Å²) in [6, 6.07) is 4.96. The summed E-state index contributed by atoms with van der Waals surface area (Å²) in [6.45, 7) is 1.90. The summed E-state index contributed by atoms with van der Waals surface area (Å²) in [7, 11) is 1.91. The van der Waals surface area contributed by atoms with Crippen molar-refractivity contribution in [3.05, 3.63) is 24.0 Å². The molecule has 3 rings (SSSR count). The predicted molar refractivity (Wildman–Crippen MR) is 70.7 cm³/mol. The molecule has 4 nitrogen and oxygen atoms in total. The highest BCUT2D eigenvalue weighted by molar-refractivity contribution is 5.92. The fourth-order valence-corrected chi connectivity index (χ4v) is 2.77. The van der Waals surface area contributed by atoms with Crippen LogP contribution in [0.2, 0.25) is 0 Å². The lowest BCUT2D eigenvalue weighted by molar-refractivity contribution is 0.0773. The highest BCUT2D eigenvalue weighted by Crippen LogP contribution is 2.36. The van der Waals surface area contributed by atoms with E-state index in [1.807, 2.05) is 30.3 Å². The molecule has 1 saturated heterocycles. The molecule has 1 unspecified atom stereocenters. The van der Waals surface area contributed by atoms with E-state index in [-0.39, 0.29) is 5.91 Å². The first-order valence-corrected chi connectivity index (χ1v) is 6.91. The van der Waals surface area contributed by atoms with Crippen molar-refractivity contribution in [1.82, 2.24) is 14.8 Å². The van der Waals surface area contributed by atoms with Crippen molar-refractivity contribution in [3.63, 3.8) is 0 Å². The minimum atomic E-state index is 0.153. The Morgan fingerprint density at radius 1 is 1.50 bits per heavy atom. The van der Waals surface area contributed by atoms with Gasteiger partial charge in [-0.3, -0.25) is 4.79 Å². The van der Waals surface area contributed by atoms with Gasteiger partial charge in [0.15, 0.2) is 0 Å². The molecular weight excluding hydrogens is 226 g/mol. The van der Waals surface area contributed by atoms with Crippen molar-refractivity contribution in [3.8, 4) is 0 Å². The molecule has 1 N–H and O–H groups in total. The number of hydrogen-bond acceptors (Lipinski definition) is 2. The summed E-state index contributed by atoms with van der Waals surface area (Å²) in [5.74, 6) is 0.153. The van der Waals surface area contributed by atoms with Gasteiger partial charge < -0.3 is 14.8 Å². The monoisotopic (exact) mass is 247 g/mol. The molecule has 0 aromatic carbocycles. The third kappa shape index (κ3) is 2.29. The van der Waals surface area contributed by atoms with Gasteiger partial charge in [0, 0.05) is 31.9 Å². The fourth-order valence-electron chi connectivity index (χ4n) is 2.77. The van der Waals surface area contributed by atoms with E-state index in [1.165, 1.54) is 25.7 Å². The number of hydrogen-bond donors (Lipinski definition) is 1. The van der Waals surface area contributed by atoms with Crippen LogP contribution in [0.5, 0.6) is 0 Å². The van der Waals surface area contributed by atoms with Crippen LogP contribution in [0.25, 0.3) is 0 Å². The van der Waals surface area contributed by atoms with Crippen LogP contribution in [-0.4, -0.2) is 41.6 Å². The van der Waals surface area contributed by atoms with Gasteiger partial charge in [-0.05, 0) is 44.4 Å². The van der Waals surface area contributed by atoms with Gasteiger partial charge in [0.05, 0.1) is 0 Å². The molecule has 1 saturated carbocycles. The summed E-state index contributed by atoms with van der Waals surface area (Å²) >= 11 is 0. The molecule has 4 heteroatoms. The van der Waals surface area contributed by atoms with Crippen molar-refractivity contribution in [1.29, 1.82) is 0 Å². The van der Waals surface area contributed by atoms with Gasteiger partial charge in [-0.1, -0.05) is 0 Å². The molecule has 0 radical (unpaired) electrons. The molecule has 1 atom stereocenters. The molecule has 1 aromatic rings. The Morgan fingerprint density at radius 3 is 3.00 bits per heavy atom. The number of carbonyl (C=O) groups excluding carboxylic acids is 1. The molecule has 2 heterocycles. The van der Waals surface area contributed by atoms with Crippen molar-refractivity contribution in [2.75, 3.05) is 20.1 Å². The number of rotatable bonds is 4. The second-order valence-corrected chi connectivity index (χ2v) is 5.51. The van der Waals surface area contributed by atoms with E-state index in [1.54, 1.807) is 0 Å². The molecule has 1 aromatic heterocycles. The molecule has 0 bridgehead atoms. The summed E-state index contributed by atoms with van der Waals surface area (Å²) in [5, 5.41) is 3.44. The Hall–Kier alpha value is -1.29. The normalized spacial score (nSPS) is 23.3. The maximum absolute atomic E-state index is 12.4. The smallest absolute Gasteiger partial charge is 0.270 e. The molecule has 18 heavy (non-hydrogen) atoms. The number of nitrogens with zero attached hydrogens (tertiary/aromatic N) is 2. The summed E-state index contributed by atoms with van der Waals surface area (Å²) in [6.07, 6.45) is 6.87.